The van der Waals surface area contributed by atoms with E-state index in [9.17, 15) is 35.4 Å². The molecule has 4 fully saturated rings. The normalized spacial score (nSPS) is 51.4. The van der Waals surface area contributed by atoms with Gasteiger partial charge >= 0.3 is 5.97 Å². The number of hydrogen-bond donors (Lipinski definition) is 6. The predicted molar refractivity (Wildman–Crippen MR) is 127 cm³/mol. The average molecular weight is 505 g/mol. The molecule has 9 heteroatoms. The molecule has 0 radical (unpaired) electrons. The number of benzene rings is 1. The molecule has 1 aromatic rings. The van der Waals surface area contributed by atoms with E-state index in [4.69, 9.17) is 9.47 Å². The summed E-state index contributed by atoms with van der Waals surface area (Å²) in [6.45, 7) is 8.27. The first-order chi connectivity index (χ1) is 16.8. The molecule has 6 N–H and O–H groups in total. The number of epoxide rings is 1. The second-order valence-corrected chi connectivity index (χ2v) is 11.6. The van der Waals surface area contributed by atoms with Crippen LogP contribution in [0.1, 0.15) is 44.0 Å². The minimum atomic E-state index is -2.19. The van der Waals surface area contributed by atoms with Gasteiger partial charge in [0.15, 0.2) is 0 Å². The molecule has 3 aliphatic carbocycles. The summed E-state index contributed by atoms with van der Waals surface area (Å²) in [4.78, 5) is 13.2. The van der Waals surface area contributed by atoms with Gasteiger partial charge in [-0.25, -0.2) is 4.79 Å². The van der Waals surface area contributed by atoms with Crippen molar-refractivity contribution in [3.05, 3.63) is 48.0 Å². The first-order valence-electron chi connectivity index (χ1n) is 12.5. The van der Waals surface area contributed by atoms with Gasteiger partial charge in [0.1, 0.15) is 35.1 Å². The van der Waals surface area contributed by atoms with Gasteiger partial charge in [-0.3, -0.25) is 0 Å². The zero-order chi connectivity index (χ0) is 26.4. The quantitative estimate of drug-likeness (QED) is 0.191. The van der Waals surface area contributed by atoms with Gasteiger partial charge < -0.3 is 40.1 Å². The maximum Gasteiger partial charge on any atom is 0.338 e. The molecule has 36 heavy (non-hydrogen) atoms. The third-order valence-corrected chi connectivity index (χ3v) is 9.70. The summed E-state index contributed by atoms with van der Waals surface area (Å²) in [5.41, 5.74) is -6.94. The smallest absolute Gasteiger partial charge is 0.338 e. The molecule has 3 saturated carbocycles. The van der Waals surface area contributed by atoms with Gasteiger partial charge in [0.05, 0.1) is 29.8 Å². The highest BCUT2D eigenvalue weighted by Crippen LogP contribution is 2.67. The number of esters is 1. The van der Waals surface area contributed by atoms with Gasteiger partial charge in [-0.15, -0.1) is 0 Å². The number of ether oxygens (including phenoxy) is 2. The van der Waals surface area contributed by atoms with Crippen LogP contribution in [0, 0.1) is 23.7 Å². The zero-order valence-corrected chi connectivity index (χ0v) is 20.7. The molecule has 1 aromatic carbocycles. The van der Waals surface area contributed by atoms with E-state index in [2.05, 4.69) is 6.58 Å². The highest BCUT2D eigenvalue weighted by Gasteiger charge is 2.83. The van der Waals surface area contributed by atoms with Gasteiger partial charge in [-0.05, 0) is 49.3 Å². The lowest BCUT2D eigenvalue weighted by Crippen LogP contribution is -2.71. The van der Waals surface area contributed by atoms with Gasteiger partial charge in [0, 0.05) is 5.92 Å². The molecular weight excluding hydrogens is 468 g/mol. The summed E-state index contributed by atoms with van der Waals surface area (Å²) in [6, 6.07) is 8.22. The Bertz CT molecular complexity index is 1060. The van der Waals surface area contributed by atoms with Crippen molar-refractivity contribution in [2.24, 2.45) is 23.7 Å². The summed E-state index contributed by atoms with van der Waals surface area (Å²) >= 11 is 0. The summed E-state index contributed by atoms with van der Waals surface area (Å²) in [5.74, 6) is -4.08. The fourth-order valence-corrected chi connectivity index (χ4v) is 7.60. The van der Waals surface area contributed by atoms with Crippen molar-refractivity contribution in [2.75, 3.05) is 6.61 Å². The number of aliphatic hydroxyl groups excluding tert-OH is 3. The van der Waals surface area contributed by atoms with Crippen LogP contribution in [0.3, 0.4) is 0 Å². The van der Waals surface area contributed by atoms with Crippen LogP contribution in [-0.4, -0.2) is 90.0 Å². The van der Waals surface area contributed by atoms with Crippen LogP contribution >= 0.6 is 0 Å². The van der Waals surface area contributed by atoms with Crippen molar-refractivity contribution < 1.29 is 44.9 Å². The topological polar surface area (TPSA) is 160 Å². The van der Waals surface area contributed by atoms with Crippen molar-refractivity contribution in [1.29, 1.82) is 0 Å². The lowest BCUT2D eigenvalue weighted by molar-refractivity contribution is -0.267. The van der Waals surface area contributed by atoms with E-state index >= 15 is 0 Å². The third-order valence-electron chi connectivity index (χ3n) is 9.70. The monoisotopic (exact) mass is 504 g/mol. The van der Waals surface area contributed by atoms with Crippen molar-refractivity contribution >= 4 is 5.97 Å². The second-order valence-electron chi connectivity index (χ2n) is 11.6. The molecule has 0 bridgehead atoms. The maximum atomic E-state index is 13.2. The molecule has 5 rings (SSSR count). The fourth-order valence-electron chi connectivity index (χ4n) is 7.60. The Morgan fingerprint density at radius 3 is 2.36 bits per heavy atom. The summed E-state index contributed by atoms with van der Waals surface area (Å²) in [7, 11) is 0. The standard InChI is InChI=1S/C27H36O9/c1-13(2)24(32)11-15(4)26(33)17-10-14(3)19(29)27(17,34)23(31)25(12-28)21(36-25)18(26)20(24)35-22(30)16-8-6-5-7-9-16/h5-9,14-15,17-21,23,28-29,31-34H,1,10-12H2,2-4H3. The molecule has 198 valence electrons. The molecule has 0 spiro atoms. The fraction of sp³-hybridized carbons (Fsp3) is 0.667. The van der Waals surface area contributed by atoms with Crippen molar-refractivity contribution in [1.82, 2.24) is 0 Å². The SMILES string of the molecule is C=C(C)C1(O)CC(C)C2(O)C(C1OC(=O)c1ccccc1)C1OC1(CO)C(O)C1(O)C(O)C(C)CC21. The Kier molecular flexibility index (Phi) is 5.78. The molecule has 9 nitrogen and oxygen atoms in total. The van der Waals surface area contributed by atoms with Crippen LogP contribution in [0.5, 0.6) is 0 Å². The second kappa shape index (κ2) is 8.07. The van der Waals surface area contributed by atoms with Crippen LogP contribution in [0.25, 0.3) is 0 Å². The van der Waals surface area contributed by atoms with Gasteiger partial charge in [0.2, 0.25) is 0 Å². The molecule has 1 saturated heterocycles. The van der Waals surface area contributed by atoms with Crippen LogP contribution in [0.15, 0.2) is 42.5 Å². The largest absolute Gasteiger partial charge is 0.455 e. The van der Waals surface area contributed by atoms with Gasteiger partial charge in [-0.1, -0.05) is 38.6 Å². The molecule has 12 unspecified atom stereocenters. The zero-order valence-electron chi connectivity index (χ0n) is 20.7. The Morgan fingerprint density at radius 1 is 1.14 bits per heavy atom. The first kappa shape index (κ1) is 25.8. The molecule has 1 heterocycles. The van der Waals surface area contributed by atoms with E-state index in [1.54, 1.807) is 51.1 Å². The number of fused-ring (bicyclic) bond motifs is 5. The number of rotatable bonds is 4. The molecular formula is C27H36O9. The minimum Gasteiger partial charge on any atom is -0.455 e. The van der Waals surface area contributed by atoms with Crippen LogP contribution in [-0.2, 0) is 9.47 Å². The van der Waals surface area contributed by atoms with Crippen LogP contribution < -0.4 is 0 Å². The Hall–Kier alpha value is -1.85. The van der Waals surface area contributed by atoms with E-state index < -0.39 is 83.1 Å². The number of carbonyl (C=O) groups is 1. The van der Waals surface area contributed by atoms with E-state index in [0.29, 0.717) is 5.57 Å². The third kappa shape index (κ3) is 3.05. The predicted octanol–water partition coefficient (Wildman–Crippen LogP) is 0.159. The first-order valence-corrected chi connectivity index (χ1v) is 12.5. The van der Waals surface area contributed by atoms with Crippen LogP contribution in [0.4, 0.5) is 0 Å². The Labute approximate surface area is 210 Å². The highest BCUT2D eigenvalue weighted by molar-refractivity contribution is 5.89. The van der Waals surface area contributed by atoms with E-state index in [1.807, 2.05) is 0 Å². The van der Waals surface area contributed by atoms with Crippen molar-refractivity contribution in [3.8, 4) is 0 Å². The Morgan fingerprint density at radius 2 is 1.78 bits per heavy atom. The number of carbonyl (C=O) groups excluding carboxylic acids is 1. The molecule has 0 amide bonds. The lowest BCUT2D eigenvalue weighted by atomic mass is 9.54. The minimum absolute atomic E-state index is 0.0476. The highest BCUT2D eigenvalue weighted by atomic mass is 16.6. The van der Waals surface area contributed by atoms with Crippen molar-refractivity contribution in [2.45, 2.75) is 80.4 Å². The van der Waals surface area contributed by atoms with E-state index in [-0.39, 0.29) is 18.4 Å². The molecule has 4 aliphatic rings. The molecule has 12 atom stereocenters. The molecule has 0 aromatic heterocycles. The molecule has 1 aliphatic heterocycles. The van der Waals surface area contributed by atoms with E-state index in [0.717, 1.165) is 0 Å². The lowest BCUT2D eigenvalue weighted by Gasteiger charge is -2.58. The van der Waals surface area contributed by atoms with Crippen molar-refractivity contribution in [3.63, 3.8) is 0 Å². The van der Waals surface area contributed by atoms with E-state index in [1.165, 1.54) is 0 Å². The summed E-state index contributed by atoms with van der Waals surface area (Å²) in [6.07, 6.45) is -5.44. The summed E-state index contributed by atoms with van der Waals surface area (Å²) in [5, 5.41) is 69.1. The van der Waals surface area contributed by atoms with Gasteiger partial charge in [0.25, 0.3) is 0 Å². The van der Waals surface area contributed by atoms with Crippen LogP contribution in [0.2, 0.25) is 0 Å². The summed E-state index contributed by atoms with van der Waals surface area (Å²) < 4.78 is 11.8. The average Bonchev–Trinajstić information content (AvgIpc) is 3.54. The number of hydrogen-bond acceptors (Lipinski definition) is 9. The number of aliphatic hydroxyl groups is 6. The van der Waals surface area contributed by atoms with Gasteiger partial charge in [-0.2, -0.15) is 0 Å². The maximum absolute atomic E-state index is 13.2. The Balaban J connectivity index is 1.69.